The second-order valence-electron chi connectivity index (χ2n) is 4.61. The van der Waals surface area contributed by atoms with Crippen molar-refractivity contribution in [3.8, 4) is 0 Å². The second kappa shape index (κ2) is 4.94. The zero-order valence-electron chi connectivity index (χ0n) is 9.81. The fourth-order valence-electron chi connectivity index (χ4n) is 2.34. The normalized spacial score (nSPS) is 15.6. The minimum atomic E-state index is 0.626. The molecule has 1 aliphatic heterocycles. The van der Waals surface area contributed by atoms with Crippen molar-refractivity contribution < 1.29 is 0 Å². The zero-order valence-corrected chi connectivity index (χ0v) is 12.2. The highest BCUT2D eigenvalue weighted by Gasteiger charge is 2.29. The van der Waals surface area contributed by atoms with E-state index >= 15 is 0 Å². The summed E-state index contributed by atoms with van der Waals surface area (Å²) < 4.78 is 1.07. The van der Waals surface area contributed by atoms with E-state index in [1.54, 1.807) is 0 Å². The predicted octanol–water partition coefficient (Wildman–Crippen LogP) is 4.71. The molecule has 92 valence electrons. The van der Waals surface area contributed by atoms with Gasteiger partial charge in [0.2, 0.25) is 0 Å². The molecule has 1 aliphatic rings. The van der Waals surface area contributed by atoms with Gasteiger partial charge in [0.05, 0.1) is 10.7 Å². The van der Waals surface area contributed by atoms with Crippen molar-refractivity contribution in [2.24, 2.45) is 0 Å². The van der Waals surface area contributed by atoms with E-state index in [0.717, 1.165) is 28.3 Å². The topological polar surface area (TPSA) is 3.24 Å². The Hall–Kier alpha value is -0.990. The maximum absolute atomic E-state index is 6.23. The number of nitrogens with zero attached hydrogens (tertiary/aromatic N) is 1. The van der Waals surface area contributed by atoms with Gasteiger partial charge in [0.1, 0.15) is 0 Å². The van der Waals surface area contributed by atoms with E-state index in [1.807, 2.05) is 12.1 Å². The third-order valence-corrected chi connectivity index (χ3v) is 4.21. The smallest absolute Gasteiger partial charge is 0.0640 e. The van der Waals surface area contributed by atoms with E-state index in [1.165, 1.54) is 5.56 Å². The molecule has 1 heterocycles. The van der Waals surface area contributed by atoms with E-state index < -0.39 is 0 Å². The molecule has 0 unspecified atom stereocenters. The highest BCUT2D eigenvalue weighted by Crippen LogP contribution is 2.36. The molecule has 0 N–H and O–H groups in total. The molecule has 3 rings (SSSR count). The van der Waals surface area contributed by atoms with Gasteiger partial charge in [-0.2, -0.15) is 0 Å². The van der Waals surface area contributed by atoms with Crippen molar-refractivity contribution >= 4 is 33.2 Å². The Morgan fingerprint density at radius 2 is 1.78 bits per heavy atom. The fraction of sp³-hybridized carbons (Fsp3) is 0.200. The molecule has 0 atom stereocenters. The van der Waals surface area contributed by atoms with Gasteiger partial charge >= 0.3 is 0 Å². The molecule has 2 aromatic rings. The molecule has 0 spiro atoms. The van der Waals surface area contributed by atoms with E-state index in [4.69, 9.17) is 11.6 Å². The summed E-state index contributed by atoms with van der Waals surface area (Å²) in [7, 11) is 0. The molecule has 1 saturated heterocycles. The van der Waals surface area contributed by atoms with Crippen molar-refractivity contribution in [2.45, 2.75) is 5.92 Å². The number of hydrogen-bond acceptors (Lipinski definition) is 1. The molecule has 1 nitrogen and oxygen atoms in total. The lowest BCUT2D eigenvalue weighted by Crippen LogP contribution is -2.45. The number of benzene rings is 2. The minimum absolute atomic E-state index is 0.626. The summed E-state index contributed by atoms with van der Waals surface area (Å²) in [4.78, 5) is 2.32. The summed E-state index contributed by atoms with van der Waals surface area (Å²) >= 11 is 9.73. The van der Waals surface area contributed by atoms with Gasteiger partial charge in [-0.3, -0.25) is 0 Å². The third kappa shape index (κ3) is 2.27. The predicted molar refractivity (Wildman–Crippen MR) is 80.5 cm³/mol. The maximum atomic E-state index is 6.23. The van der Waals surface area contributed by atoms with Gasteiger partial charge in [-0.05, 0) is 23.8 Å². The Kier molecular flexibility index (Phi) is 3.31. The lowest BCUT2D eigenvalue weighted by Gasteiger charge is -2.41. The molecule has 0 bridgehead atoms. The molecule has 0 radical (unpaired) electrons. The van der Waals surface area contributed by atoms with Crippen molar-refractivity contribution in [2.75, 3.05) is 18.0 Å². The largest absolute Gasteiger partial charge is 0.369 e. The fourth-order valence-corrected chi connectivity index (χ4v) is 2.93. The molecular formula is C15H13BrClN. The van der Waals surface area contributed by atoms with Gasteiger partial charge in [0.15, 0.2) is 0 Å². The Morgan fingerprint density at radius 3 is 2.50 bits per heavy atom. The maximum Gasteiger partial charge on any atom is 0.0640 e. The van der Waals surface area contributed by atoms with Crippen molar-refractivity contribution in [3.05, 3.63) is 63.6 Å². The molecular weight excluding hydrogens is 310 g/mol. The molecule has 0 aromatic heterocycles. The van der Waals surface area contributed by atoms with Crippen LogP contribution in [-0.2, 0) is 0 Å². The highest BCUT2D eigenvalue weighted by atomic mass is 79.9. The van der Waals surface area contributed by atoms with Crippen LogP contribution in [-0.4, -0.2) is 13.1 Å². The minimum Gasteiger partial charge on any atom is -0.369 e. The summed E-state index contributed by atoms with van der Waals surface area (Å²) in [6, 6.07) is 16.7. The van der Waals surface area contributed by atoms with Crippen LogP contribution in [0.3, 0.4) is 0 Å². The summed E-state index contributed by atoms with van der Waals surface area (Å²) in [6.45, 7) is 2.08. The van der Waals surface area contributed by atoms with Crippen LogP contribution >= 0.6 is 27.5 Å². The van der Waals surface area contributed by atoms with E-state index in [2.05, 4.69) is 57.2 Å². The van der Waals surface area contributed by atoms with Crippen LogP contribution in [0.25, 0.3) is 0 Å². The number of halogens is 2. The standard InChI is InChI=1S/C15H13BrClN/c16-13-6-7-14(17)15(8-13)18-9-12(10-18)11-4-2-1-3-5-11/h1-8,12H,9-10H2. The first kappa shape index (κ1) is 12.1. The van der Waals surface area contributed by atoms with Gasteiger partial charge in [-0.25, -0.2) is 0 Å². The Balaban J connectivity index is 1.74. The van der Waals surface area contributed by atoms with Gasteiger partial charge < -0.3 is 4.90 Å². The van der Waals surface area contributed by atoms with Crippen molar-refractivity contribution in [1.82, 2.24) is 0 Å². The van der Waals surface area contributed by atoms with Crippen LogP contribution in [0.4, 0.5) is 5.69 Å². The number of hydrogen-bond donors (Lipinski definition) is 0. The second-order valence-corrected chi connectivity index (χ2v) is 5.93. The van der Waals surface area contributed by atoms with Crippen LogP contribution in [0.5, 0.6) is 0 Å². The average Bonchev–Trinajstić information content (AvgIpc) is 2.33. The first-order valence-corrected chi connectivity index (χ1v) is 7.16. The zero-order chi connectivity index (χ0) is 12.5. The van der Waals surface area contributed by atoms with Crippen LogP contribution < -0.4 is 4.90 Å². The van der Waals surface area contributed by atoms with Crippen LogP contribution in [0.2, 0.25) is 5.02 Å². The van der Waals surface area contributed by atoms with Crippen LogP contribution in [0.15, 0.2) is 53.0 Å². The molecule has 0 amide bonds. The molecule has 3 heteroatoms. The molecule has 2 aromatic carbocycles. The van der Waals surface area contributed by atoms with Crippen molar-refractivity contribution in [3.63, 3.8) is 0 Å². The first-order chi connectivity index (χ1) is 8.74. The van der Waals surface area contributed by atoms with Gasteiger partial charge in [-0.1, -0.05) is 57.9 Å². The summed E-state index contributed by atoms with van der Waals surface area (Å²) in [5.74, 6) is 0.626. The van der Waals surface area contributed by atoms with Gasteiger partial charge in [0, 0.05) is 23.5 Å². The van der Waals surface area contributed by atoms with E-state index in [-0.39, 0.29) is 0 Å². The summed E-state index contributed by atoms with van der Waals surface area (Å²) in [5.41, 5.74) is 2.54. The number of rotatable bonds is 2. The molecule has 1 fully saturated rings. The lowest BCUT2D eigenvalue weighted by atomic mass is 9.91. The van der Waals surface area contributed by atoms with E-state index in [9.17, 15) is 0 Å². The lowest BCUT2D eigenvalue weighted by molar-refractivity contribution is 0.525. The summed E-state index contributed by atoms with van der Waals surface area (Å²) in [5, 5.41) is 0.824. The van der Waals surface area contributed by atoms with Crippen molar-refractivity contribution in [1.29, 1.82) is 0 Å². The van der Waals surface area contributed by atoms with Crippen LogP contribution in [0, 0.1) is 0 Å². The van der Waals surface area contributed by atoms with Gasteiger partial charge in [0.25, 0.3) is 0 Å². The quantitative estimate of drug-likeness (QED) is 0.774. The van der Waals surface area contributed by atoms with Gasteiger partial charge in [-0.15, -0.1) is 0 Å². The third-order valence-electron chi connectivity index (χ3n) is 3.40. The van der Waals surface area contributed by atoms with E-state index in [0.29, 0.717) is 5.92 Å². The summed E-state index contributed by atoms with van der Waals surface area (Å²) in [6.07, 6.45) is 0. The monoisotopic (exact) mass is 321 g/mol. The SMILES string of the molecule is Clc1ccc(Br)cc1N1CC(c2ccccc2)C1. The Labute approximate surface area is 121 Å². The van der Waals surface area contributed by atoms with Crippen LogP contribution in [0.1, 0.15) is 11.5 Å². The Morgan fingerprint density at radius 1 is 1.06 bits per heavy atom. The first-order valence-electron chi connectivity index (χ1n) is 5.99. The molecule has 0 aliphatic carbocycles. The average molecular weight is 323 g/mol. The highest BCUT2D eigenvalue weighted by molar-refractivity contribution is 9.10. The molecule has 0 saturated carbocycles. The molecule has 18 heavy (non-hydrogen) atoms. The number of anilines is 1. The Bertz CT molecular complexity index is 550.